The highest BCUT2D eigenvalue weighted by Gasteiger charge is 2.25. The van der Waals surface area contributed by atoms with Crippen LogP contribution in [-0.2, 0) is 20.7 Å². The molecule has 0 bridgehead atoms. The molecule has 0 saturated heterocycles. The number of hydrogen-bond acceptors (Lipinski definition) is 6. The van der Waals surface area contributed by atoms with E-state index < -0.39 is 11.6 Å². The third kappa shape index (κ3) is 6.51. The number of benzene rings is 4. The molecule has 4 rings (SSSR count). The van der Waals surface area contributed by atoms with Crippen molar-refractivity contribution in [2.24, 2.45) is 0 Å². The second kappa shape index (κ2) is 11.8. The standard InChI is InChI=1S/C33H37NO5/c1-6-7-18-38-29(35)17-9-21-8-13-25-22(19-21)10-14-27(32(36)39-33(2,3)4)30(25)31-26-15-12-24(34)20-23(26)11-16-28(31)37-5/h8,10-16,19-20H,6-7,9,17-18,34H2,1-5H3. The summed E-state index contributed by atoms with van der Waals surface area (Å²) in [5, 5.41) is 3.69. The number of unbranched alkanes of at least 4 members (excludes halogenated alkanes) is 1. The van der Waals surface area contributed by atoms with Crippen LogP contribution in [0.2, 0.25) is 0 Å². The van der Waals surface area contributed by atoms with E-state index in [-0.39, 0.29) is 5.97 Å². The van der Waals surface area contributed by atoms with Crippen molar-refractivity contribution in [1.29, 1.82) is 0 Å². The fourth-order valence-electron chi connectivity index (χ4n) is 4.71. The molecule has 0 heterocycles. The molecule has 4 aromatic carbocycles. The first-order valence-electron chi connectivity index (χ1n) is 13.4. The summed E-state index contributed by atoms with van der Waals surface area (Å²) in [5.74, 6) is 0.0422. The number of methoxy groups -OCH3 is 1. The Morgan fingerprint density at radius 2 is 1.56 bits per heavy atom. The van der Waals surface area contributed by atoms with Crippen LogP contribution in [0, 0.1) is 0 Å². The van der Waals surface area contributed by atoms with Crippen molar-refractivity contribution in [1.82, 2.24) is 0 Å². The van der Waals surface area contributed by atoms with Gasteiger partial charge in [-0.1, -0.05) is 49.7 Å². The van der Waals surface area contributed by atoms with Crippen molar-refractivity contribution < 1.29 is 23.8 Å². The van der Waals surface area contributed by atoms with Crippen LogP contribution in [0.3, 0.4) is 0 Å². The monoisotopic (exact) mass is 527 g/mol. The summed E-state index contributed by atoms with van der Waals surface area (Å²) in [7, 11) is 1.62. The van der Waals surface area contributed by atoms with Gasteiger partial charge in [0.15, 0.2) is 0 Å². The van der Waals surface area contributed by atoms with E-state index in [0.29, 0.717) is 36.4 Å². The zero-order valence-corrected chi connectivity index (χ0v) is 23.4. The number of ether oxygens (including phenoxy) is 3. The average molecular weight is 528 g/mol. The summed E-state index contributed by atoms with van der Waals surface area (Å²) >= 11 is 0. The van der Waals surface area contributed by atoms with Crippen LogP contribution in [-0.4, -0.2) is 31.3 Å². The van der Waals surface area contributed by atoms with Crippen LogP contribution < -0.4 is 10.5 Å². The minimum absolute atomic E-state index is 0.190. The average Bonchev–Trinajstić information content (AvgIpc) is 2.89. The smallest absolute Gasteiger partial charge is 0.339 e. The lowest BCUT2D eigenvalue weighted by Gasteiger charge is -2.22. The van der Waals surface area contributed by atoms with E-state index >= 15 is 0 Å². The van der Waals surface area contributed by atoms with Crippen molar-refractivity contribution >= 4 is 39.2 Å². The van der Waals surface area contributed by atoms with Crippen LogP contribution >= 0.6 is 0 Å². The maximum absolute atomic E-state index is 13.5. The molecule has 2 N–H and O–H groups in total. The Kier molecular flexibility index (Phi) is 8.44. The molecule has 0 saturated carbocycles. The number of fused-ring (bicyclic) bond motifs is 2. The molecule has 0 fully saturated rings. The summed E-state index contributed by atoms with van der Waals surface area (Å²) < 4.78 is 16.9. The minimum atomic E-state index is -0.657. The number of nitrogen functional groups attached to an aromatic ring is 1. The normalized spacial score (nSPS) is 11.5. The first kappa shape index (κ1) is 28.0. The van der Waals surface area contributed by atoms with Gasteiger partial charge in [-0.2, -0.15) is 0 Å². The molecule has 6 heteroatoms. The molecule has 4 aromatic rings. The van der Waals surface area contributed by atoms with Crippen LogP contribution in [0.15, 0.2) is 60.7 Å². The highest BCUT2D eigenvalue weighted by molar-refractivity contribution is 6.14. The number of hydrogen-bond donors (Lipinski definition) is 1. The third-order valence-electron chi connectivity index (χ3n) is 6.56. The second-order valence-corrected chi connectivity index (χ2v) is 10.7. The maximum Gasteiger partial charge on any atom is 0.339 e. The molecule has 0 spiro atoms. The van der Waals surface area contributed by atoms with Crippen molar-refractivity contribution in [3.05, 3.63) is 71.8 Å². The Morgan fingerprint density at radius 1 is 0.872 bits per heavy atom. The van der Waals surface area contributed by atoms with E-state index in [1.165, 1.54) is 0 Å². The van der Waals surface area contributed by atoms with Gasteiger partial charge in [0.2, 0.25) is 0 Å². The van der Waals surface area contributed by atoms with Gasteiger partial charge in [-0.15, -0.1) is 0 Å². The topological polar surface area (TPSA) is 87.9 Å². The molecule has 0 amide bonds. The molecular weight excluding hydrogens is 490 g/mol. The maximum atomic E-state index is 13.5. The lowest BCUT2D eigenvalue weighted by Crippen LogP contribution is -2.24. The van der Waals surface area contributed by atoms with Gasteiger partial charge in [0.05, 0.1) is 19.3 Å². The van der Waals surface area contributed by atoms with Gasteiger partial charge in [-0.3, -0.25) is 4.79 Å². The van der Waals surface area contributed by atoms with E-state index in [1.54, 1.807) is 7.11 Å². The second-order valence-electron chi connectivity index (χ2n) is 10.7. The van der Waals surface area contributed by atoms with Gasteiger partial charge < -0.3 is 19.9 Å². The lowest BCUT2D eigenvalue weighted by molar-refractivity contribution is -0.143. The summed E-state index contributed by atoms with van der Waals surface area (Å²) in [4.78, 5) is 25.7. The Balaban J connectivity index is 1.86. The Hall–Kier alpha value is -4.06. The van der Waals surface area contributed by atoms with Gasteiger partial charge in [-0.25, -0.2) is 4.79 Å². The number of nitrogens with two attached hydrogens (primary N) is 1. The Bertz CT molecular complexity index is 1520. The van der Waals surface area contributed by atoms with E-state index in [1.807, 2.05) is 75.4 Å². The molecule has 0 aromatic heterocycles. The molecule has 0 atom stereocenters. The highest BCUT2D eigenvalue weighted by Crippen LogP contribution is 2.43. The molecule has 0 aliphatic carbocycles. The van der Waals surface area contributed by atoms with E-state index in [2.05, 4.69) is 13.0 Å². The number of rotatable bonds is 9. The molecule has 0 aliphatic rings. The van der Waals surface area contributed by atoms with E-state index in [0.717, 1.165) is 51.1 Å². The molecule has 0 unspecified atom stereocenters. The van der Waals surface area contributed by atoms with Gasteiger partial charge >= 0.3 is 11.9 Å². The number of esters is 2. The van der Waals surface area contributed by atoms with Crippen LogP contribution in [0.5, 0.6) is 5.75 Å². The molecule has 39 heavy (non-hydrogen) atoms. The number of carbonyl (C=O) groups excluding carboxylic acids is 2. The van der Waals surface area contributed by atoms with Crippen LogP contribution in [0.4, 0.5) is 5.69 Å². The van der Waals surface area contributed by atoms with Crippen molar-refractivity contribution in [2.45, 2.75) is 59.0 Å². The number of carbonyl (C=O) groups is 2. The van der Waals surface area contributed by atoms with Crippen LogP contribution in [0.1, 0.15) is 62.9 Å². The van der Waals surface area contributed by atoms with Crippen molar-refractivity contribution in [2.75, 3.05) is 19.5 Å². The third-order valence-corrected chi connectivity index (χ3v) is 6.56. The summed E-state index contributed by atoms with van der Waals surface area (Å²) in [5.41, 5.74) is 9.08. The Labute approximate surface area is 230 Å². The fraction of sp³-hybridized carbons (Fsp3) is 0.333. The first-order chi connectivity index (χ1) is 18.6. The zero-order chi connectivity index (χ0) is 28.2. The van der Waals surface area contributed by atoms with Gasteiger partial charge in [0.25, 0.3) is 0 Å². The molecule has 204 valence electrons. The quantitative estimate of drug-likeness (QED) is 0.138. The largest absolute Gasteiger partial charge is 0.496 e. The predicted molar refractivity (Wildman–Crippen MR) is 157 cm³/mol. The first-order valence-corrected chi connectivity index (χ1v) is 13.4. The van der Waals surface area contributed by atoms with Gasteiger partial charge in [0, 0.05) is 23.2 Å². The van der Waals surface area contributed by atoms with Crippen molar-refractivity contribution in [3.63, 3.8) is 0 Å². The fourth-order valence-corrected chi connectivity index (χ4v) is 4.71. The predicted octanol–water partition coefficient (Wildman–Crippen LogP) is 7.48. The molecule has 0 aliphatic heterocycles. The van der Waals surface area contributed by atoms with Gasteiger partial charge in [-0.05, 0) is 85.0 Å². The van der Waals surface area contributed by atoms with E-state index in [4.69, 9.17) is 19.9 Å². The van der Waals surface area contributed by atoms with Crippen LogP contribution in [0.25, 0.3) is 32.7 Å². The SMILES string of the molecule is CCCCOC(=O)CCc1ccc2c(-c3c(OC)ccc4cc(N)ccc34)c(C(=O)OC(C)(C)C)ccc2c1. The molecule has 0 radical (unpaired) electrons. The molecular formula is C33H37NO5. The minimum Gasteiger partial charge on any atom is -0.496 e. The Morgan fingerprint density at radius 3 is 2.28 bits per heavy atom. The van der Waals surface area contributed by atoms with E-state index in [9.17, 15) is 9.59 Å². The summed E-state index contributed by atoms with van der Waals surface area (Å²) in [6.45, 7) is 8.09. The molecule has 6 nitrogen and oxygen atoms in total. The highest BCUT2D eigenvalue weighted by atomic mass is 16.6. The summed E-state index contributed by atoms with van der Waals surface area (Å²) in [6, 6.07) is 19.4. The summed E-state index contributed by atoms with van der Waals surface area (Å²) in [6.07, 6.45) is 2.74. The number of aryl methyl sites for hydroxylation is 1. The lowest BCUT2D eigenvalue weighted by atomic mass is 9.88. The van der Waals surface area contributed by atoms with Crippen molar-refractivity contribution in [3.8, 4) is 16.9 Å². The zero-order valence-electron chi connectivity index (χ0n) is 23.4. The van der Waals surface area contributed by atoms with Gasteiger partial charge in [0.1, 0.15) is 11.4 Å². The number of anilines is 1.